The normalized spacial score (nSPS) is 15.2. The zero-order valence-electron chi connectivity index (χ0n) is 6.60. The summed E-state index contributed by atoms with van der Waals surface area (Å²) in [7, 11) is -3.44. The van der Waals surface area contributed by atoms with E-state index in [1.165, 1.54) is 0 Å². The van der Waals surface area contributed by atoms with Crippen LogP contribution in [0.2, 0.25) is 0 Å². The third-order valence-corrected chi connectivity index (χ3v) is 1.54. The van der Waals surface area contributed by atoms with Gasteiger partial charge in [-0.15, -0.1) is 0 Å². The molecular formula is C7H10NO3P. The SMILES string of the molecule is CP(=O)(O)ONc1ccccc1. The molecule has 0 saturated heterocycles. The van der Waals surface area contributed by atoms with Gasteiger partial charge in [0.1, 0.15) is 0 Å². The summed E-state index contributed by atoms with van der Waals surface area (Å²) in [6, 6.07) is 8.90. The molecule has 12 heavy (non-hydrogen) atoms. The van der Waals surface area contributed by atoms with E-state index >= 15 is 0 Å². The Labute approximate surface area is 70.7 Å². The number of hydrogen-bond acceptors (Lipinski definition) is 3. The molecule has 0 radical (unpaired) electrons. The number of nitrogens with one attached hydrogen (secondary N) is 1. The average Bonchev–Trinajstić information content (AvgIpc) is 2.02. The molecule has 4 nitrogen and oxygen atoms in total. The number of rotatable bonds is 3. The molecule has 0 spiro atoms. The van der Waals surface area contributed by atoms with Crippen LogP contribution < -0.4 is 5.48 Å². The number of para-hydroxylation sites is 1. The van der Waals surface area contributed by atoms with Crippen molar-refractivity contribution in [1.82, 2.24) is 0 Å². The van der Waals surface area contributed by atoms with Crippen LogP contribution in [0.25, 0.3) is 0 Å². The second-order valence-electron chi connectivity index (χ2n) is 2.36. The van der Waals surface area contributed by atoms with Crippen LogP contribution in [0.15, 0.2) is 30.3 Å². The molecule has 1 unspecified atom stereocenters. The minimum Gasteiger partial charge on any atom is -0.323 e. The lowest BCUT2D eigenvalue weighted by Crippen LogP contribution is -1.97. The number of hydrogen-bond donors (Lipinski definition) is 2. The molecule has 2 N–H and O–H groups in total. The predicted molar refractivity (Wildman–Crippen MR) is 46.9 cm³/mol. The van der Waals surface area contributed by atoms with E-state index in [0.29, 0.717) is 5.69 Å². The maximum Gasteiger partial charge on any atom is 0.346 e. The summed E-state index contributed by atoms with van der Waals surface area (Å²) >= 11 is 0. The summed E-state index contributed by atoms with van der Waals surface area (Å²) in [5, 5.41) is 0. The Kier molecular flexibility index (Phi) is 2.87. The quantitative estimate of drug-likeness (QED) is 0.560. The van der Waals surface area contributed by atoms with E-state index in [-0.39, 0.29) is 0 Å². The molecule has 1 rings (SSSR count). The van der Waals surface area contributed by atoms with Crippen LogP contribution in [0, 0.1) is 0 Å². The molecule has 66 valence electrons. The molecular weight excluding hydrogens is 177 g/mol. The molecule has 0 saturated carbocycles. The van der Waals surface area contributed by atoms with E-state index < -0.39 is 7.60 Å². The number of benzene rings is 1. The van der Waals surface area contributed by atoms with Crippen LogP contribution in [-0.4, -0.2) is 11.6 Å². The van der Waals surface area contributed by atoms with Crippen molar-refractivity contribution >= 4 is 13.3 Å². The van der Waals surface area contributed by atoms with Crippen molar-refractivity contribution in [2.75, 3.05) is 12.1 Å². The second kappa shape index (κ2) is 3.72. The summed E-state index contributed by atoms with van der Waals surface area (Å²) in [6.45, 7) is 1.11. The van der Waals surface area contributed by atoms with E-state index in [2.05, 4.69) is 10.1 Å². The molecule has 1 atom stereocenters. The van der Waals surface area contributed by atoms with Gasteiger partial charge in [-0.05, 0) is 12.1 Å². The van der Waals surface area contributed by atoms with E-state index in [9.17, 15) is 4.57 Å². The topological polar surface area (TPSA) is 58.6 Å². The van der Waals surface area contributed by atoms with Gasteiger partial charge < -0.3 is 4.89 Å². The fourth-order valence-electron chi connectivity index (χ4n) is 0.644. The zero-order chi connectivity index (χ0) is 9.03. The third kappa shape index (κ3) is 3.53. The fraction of sp³-hybridized carbons (Fsp3) is 0.143. The van der Waals surface area contributed by atoms with Gasteiger partial charge in [0.15, 0.2) is 0 Å². The third-order valence-electron chi connectivity index (χ3n) is 1.11. The molecule has 0 aromatic heterocycles. The molecule has 1 aromatic rings. The molecule has 5 heteroatoms. The van der Waals surface area contributed by atoms with Crippen LogP contribution in [-0.2, 0) is 9.19 Å². The van der Waals surface area contributed by atoms with Gasteiger partial charge in [0.2, 0.25) is 0 Å². The lowest BCUT2D eigenvalue weighted by molar-refractivity contribution is 0.318. The second-order valence-corrected chi connectivity index (χ2v) is 4.15. The van der Waals surface area contributed by atoms with Gasteiger partial charge in [-0.1, -0.05) is 18.2 Å². The van der Waals surface area contributed by atoms with Gasteiger partial charge in [-0.3, -0.25) is 10.0 Å². The van der Waals surface area contributed by atoms with Crippen molar-refractivity contribution in [3.63, 3.8) is 0 Å². The predicted octanol–water partition coefficient (Wildman–Crippen LogP) is 1.85. The fourth-order valence-corrected chi connectivity index (χ4v) is 0.918. The Morgan fingerprint density at radius 1 is 1.42 bits per heavy atom. The van der Waals surface area contributed by atoms with Crippen LogP contribution in [0.1, 0.15) is 0 Å². The van der Waals surface area contributed by atoms with Gasteiger partial charge in [-0.25, -0.2) is 0 Å². The Morgan fingerprint density at radius 3 is 2.50 bits per heavy atom. The monoisotopic (exact) mass is 187 g/mol. The molecule has 0 aliphatic heterocycles. The van der Waals surface area contributed by atoms with Crippen molar-refractivity contribution in [2.24, 2.45) is 0 Å². The van der Waals surface area contributed by atoms with Crippen molar-refractivity contribution in [3.05, 3.63) is 30.3 Å². The van der Waals surface area contributed by atoms with Crippen molar-refractivity contribution in [1.29, 1.82) is 0 Å². The number of anilines is 1. The largest absolute Gasteiger partial charge is 0.346 e. The first-order valence-corrected chi connectivity index (χ1v) is 5.40. The molecule has 0 bridgehead atoms. The minimum absolute atomic E-state index is 0.647. The summed E-state index contributed by atoms with van der Waals surface area (Å²) in [5.74, 6) is 0. The molecule has 0 amide bonds. The van der Waals surface area contributed by atoms with E-state index in [1.54, 1.807) is 24.3 Å². The lowest BCUT2D eigenvalue weighted by Gasteiger charge is -2.07. The maximum atomic E-state index is 10.7. The Hall–Kier alpha value is -0.830. The molecule has 0 fully saturated rings. The van der Waals surface area contributed by atoms with Crippen LogP contribution in [0.5, 0.6) is 0 Å². The standard InChI is InChI=1S/C7H10NO3P/c1-12(9,10)11-8-7-5-3-2-4-6-7/h2-6,8H,1H3,(H,9,10). The first-order chi connectivity index (χ1) is 5.58. The van der Waals surface area contributed by atoms with Gasteiger partial charge in [0, 0.05) is 6.66 Å². The zero-order valence-corrected chi connectivity index (χ0v) is 7.49. The van der Waals surface area contributed by atoms with Crippen LogP contribution in [0.4, 0.5) is 5.69 Å². The average molecular weight is 187 g/mol. The van der Waals surface area contributed by atoms with Crippen LogP contribution >= 0.6 is 7.60 Å². The molecule has 0 aliphatic rings. The highest BCUT2D eigenvalue weighted by Crippen LogP contribution is 2.36. The van der Waals surface area contributed by atoms with Crippen LogP contribution in [0.3, 0.4) is 0 Å². The summed E-state index contributed by atoms with van der Waals surface area (Å²) in [4.78, 5) is 8.75. The van der Waals surface area contributed by atoms with E-state index in [1.807, 2.05) is 6.07 Å². The summed E-state index contributed by atoms with van der Waals surface area (Å²) in [5.41, 5.74) is 3.02. The van der Waals surface area contributed by atoms with Gasteiger partial charge >= 0.3 is 7.60 Å². The van der Waals surface area contributed by atoms with Crippen molar-refractivity contribution < 1.29 is 14.1 Å². The summed E-state index contributed by atoms with van der Waals surface area (Å²) in [6.07, 6.45) is 0. The van der Waals surface area contributed by atoms with Crippen molar-refractivity contribution in [3.8, 4) is 0 Å². The minimum atomic E-state index is -3.44. The lowest BCUT2D eigenvalue weighted by atomic mass is 10.3. The molecule has 1 aromatic carbocycles. The first kappa shape index (κ1) is 9.26. The summed E-state index contributed by atoms with van der Waals surface area (Å²) < 4.78 is 15.1. The maximum absolute atomic E-state index is 10.7. The highest BCUT2D eigenvalue weighted by Gasteiger charge is 2.09. The highest BCUT2D eigenvalue weighted by atomic mass is 31.2. The Morgan fingerprint density at radius 2 is 2.00 bits per heavy atom. The molecule has 0 aliphatic carbocycles. The first-order valence-electron chi connectivity index (χ1n) is 3.38. The smallest absolute Gasteiger partial charge is 0.323 e. The van der Waals surface area contributed by atoms with Gasteiger partial charge in [-0.2, -0.15) is 4.62 Å². The molecule has 0 heterocycles. The van der Waals surface area contributed by atoms with Gasteiger partial charge in [0.25, 0.3) is 0 Å². The van der Waals surface area contributed by atoms with Gasteiger partial charge in [0.05, 0.1) is 5.69 Å². The highest BCUT2D eigenvalue weighted by molar-refractivity contribution is 7.51. The van der Waals surface area contributed by atoms with E-state index in [4.69, 9.17) is 4.89 Å². The van der Waals surface area contributed by atoms with Crippen molar-refractivity contribution in [2.45, 2.75) is 0 Å². The van der Waals surface area contributed by atoms with E-state index in [0.717, 1.165) is 6.66 Å². The Bertz CT molecular complexity index is 282. The Balaban J connectivity index is 2.50.